The van der Waals surface area contributed by atoms with Gasteiger partial charge in [0.2, 0.25) is 5.91 Å². The molecule has 1 aliphatic heterocycles. The Kier molecular flexibility index (Phi) is 4.24. The topological polar surface area (TPSA) is 63.4 Å². The molecule has 0 bridgehead atoms. The third-order valence-corrected chi connectivity index (χ3v) is 2.79. The van der Waals surface area contributed by atoms with E-state index >= 15 is 0 Å². The largest absolute Gasteiger partial charge is 0.330 e. The van der Waals surface area contributed by atoms with E-state index in [1.807, 2.05) is 0 Å². The monoisotopic (exact) mass is 202 g/mol. The number of nitrogens with zero attached hydrogens (tertiary/aromatic N) is 1. The number of hydrogen-bond acceptors (Lipinski definition) is 4. The van der Waals surface area contributed by atoms with E-state index in [1.165, 1.54) is 4.90 Å². The molecule has 0 spiro atoms. The summed E-state index contributed by atoms with van der Waals surface area (Å²) in [5.41, 5.74) is 5.33. The number of unbranched alkanes of at least 4 members (excludes halogenated alkanes) is 2. The van der Waals surface area contributed by atoms with Gasteiger partial charge in [-0.05, 0) is 19.4 Å². The molecule has 74 valence electrons. The normalized spacial score (nSPS) is 17.2. The second kappa shape index (κ2) is 5.24. The fraction of sp³-hybridized carbons (Fsp3) is 0.750. The molecule has 1 saturated heterocycles. The van der Waals surface area contributed by atoms with Crippen molar-refractivity contribution in [1.29, 1.82) is 0 Å². The first kappa shape index (κ1) is 10.5. The van der Waals surface area contributed by atoms with Crippen molar-refractivity contribution < 1.29 is 9.59 Å². The summed E-state index contributed by atoms with van der Waals surface area (Å²) in [7, 11) is 0. The second-order valence-corrected chi connectivity index (χ2v) is 3.88. The number of thioether (sulfide) groups is 1. The summed E-state index contributed by atoms with van der Waals surface area (Å²) in [6, 6.07) is 0. The van der Waals surface area contributed by atoms with Gasteiger partial charge >= 0.3 is 0 Å². The molecular formula is C8H14N2O2S. The standard InChI is InChI=1S/C8H14N2O2S/c9-4-2-1-3-5-10-7(11)6-13-8(10)12/h1-6,9H2. The lowest BCUT2D eigenvalue weighted by atomic mass is 10.2. The molecule has 5 heteroatoms. The van der Waals surface area contributed by atoms with Gasteiger partial charge in [-0.25, -0.2) is 0 Å². The SMILES string of the molecule is NCCCCCN1C(=O)CSC1=O. The van der Waals surface area contributed by atoms with Crippen LogP contribution in [0.25, 0.3) is 0 Å². The van der Waals surface area contributed by atoms with Crippen molar-refractivity contribution in [3.8, 4) is 0 Å². The molecule has 1 aliphatic rings. The van der Waals surface area contributed by atoms with Gasteiger partial charge < -0.3 is 5.73 Å². The fourth-order valence-corrected chi connectivity index (χ4v) is 1.94. The lowest BCUT2D eigenvalue weighted by molar-refractivity contribution is -0.124. The third kappa shape index (κ3) is 3.00. The number of rotatable bonds is 5. The van der Waals surface area contributed by atoms with E-state index in [0.29, 0.717) is 18.8 Å². The number of hydrogen-bond donors (Lipinski definition) is 1. The van der Waals surface area contributed by atoms with Gasteiger partial charge in [-0.1, -0.05) is 18.2 Å². The first-order valence-corrected chi connectivity index (χ1v) is 5.41. The number of amides is 2. The van der Waals surface area contributed by atoms with Gasteiger partial charge in [0, 0.05) is 6.54 Å². The zero-order chi connectivity index (χ0) is 9.68. The van der Waals surface area contributed by atoms with E-state index in [4.69, 9.17) is 5.73 Å². The van der Waals surface area contributed by atoms with Gasteiger partial charge in [-0.2, -0.15) is 0 Å². The predicted octanol–water partition coefficient (Wildman–Crippen LogP) is 0.811. The van der Waals surface area contributed by atoms with Gasteiger partial charge in [0.25, 0.3) is 5.24 Å². The molecule has 4 nitrogen and oxygen atoms in total. The molecule has 2 N–H and O–H groups in total. The van der Waals surface area contributed by atoms with E-state index in [0.717, 1.165) is 31.0 Å². The molecule has 0 atom stereocenters. The van der Waals surface area contributed by atoms with Gasteiger partial charge in [0.05, 0.1) is 5.75 Å². The summed E-state index contributed by atoms with van der Waals surface area (Å²) in [5, 5.41) is -0.0993. The second-order valence-electron chi connectivity index (χ2n) is 2.95. The lowest BCUT2D eigenvalue weighted by Gasteiger charge is -2.11. The fourth-order valence-electron chi connectivity index (χ4n) is 1.19. The molecule has 0 aromatic heterocycles. The van der Waals surface area contributed by atoms with Crippen molar-refractivity contribution in [3.05, 3.63) is 0 Å². The molecule has 1 rings (SSSR count). The number of carbonyl (C=O) groups is 2. The summed E-state index contributed by atoms with van der Waals surface area (Å²) in [5.74, 6) is 0.262. The Morgan fingerprint density at radius 2 is 2.08 bits per heavy atom. The van der Waals surface area contributed by atoms with Crippen LogP contribution >= 0.6 is 11.8 Å². The highest BCUT2D eigenvalue weighted by molar-refractivity contribution is 8.14. The molecule has 0 saturated carbocycles. The first-order valence-electron chi connectivity index (χ1n) is 4.43. The molecule has 0 aliphatic carbocycles. The Morgan fingerprint density at radius 3 is 2.62 bits per heavy atom. The van der Waals surface area contributed by atoms with Crippen molar-refractivity contribution in [3.63, 3.8) is 0 Å². The highest BCUT2D eigenvalue weighted by Gasteiger charge is 2.28. The molecule has 13 heavy (non-hydrogen) atoms. The summed E-state index contributed by atoms with van der Waals surface area (Å²) in [6.07, 6.45) is 2.82. The number of carbonyl (C=O) groups excluding carboxylic acids is 2. The van der Waals surface area contributed by atoms with Crippen LogP contribution in [0.2, 0.25) is 0 Å². The van der Waals surface area contributed by atoms with Crippen LogP contribution in [0, 0.1) is 0 Å². The Labute approximate surface area is 81.8 Å². The van der Waals surface area contributed by atoms with Crippen LogP contribution in [0.4, 0.5) is 4.79 Å². The molecule has 1 heterocycles. The molecular weight excluding hydrogens is 188 g/mol. The minimum atomic E-state index is -0.0993. The van der Waals surface area contributed by atoms with Crippen LogP contribution in [0.3, 0.4) is 0 Å². The van der Waals surface area contributed by atoms with E-state index in [2.05, 4.69) is 0 Å². The summed E-state index contributed by atoms with van der Waals surface area (Å²) in [6.45, 7) is 1.24. The average molecular weight is 202 g/mol. The smallest absolute Gasteiger partial charge is 0.288 e. The molecule has 0 aromatic rings. The van der Waals surface area contributed by atoms with Crippen LogP contribution < -0.4 is 5.73 Å². The zero-order valence-electron chi connectivity index (χ0n) is 7.49. The number of imide groups is 1. The summed E-state index contributed by atoms with van der Waals surface area (Å²) >= 11 is 1.09. The maximum absolute atomic E-state index is 11.1. The van der Waals surface area contributed by atoms with Crippen molar-refractivity contribution in [2.45, 2.75) is 19.3 Å². The van der Waals surface area contributed by atoms with Gasteiger partial charge in [-0.15, -0.1) is 0 Å². The molecule has 0 aromatic carbocycles. The Bertz CT molecular complexity index is 192. The van der Waals surface area contributed by atoms with Crippen LogP contribution in [0.1, 0.15) is 19.3 Å². The van der Waals surface area contributed by atoms with Crippen molar-refractivity contribution in [2.24, 2.45) is 5.73 Å². The summed E-state index contributed by atoms with van der Waals surface area (Å²) < 4.78 is 0. The van der Waals surface area contributed by atoms with Crippen molar-refractivity contribution in [1.82, 2.24) is 4.90 Å². The third-order valence-electron chi connectivity index (χ3n) is 1.93. The molecule has 2 amide bonds. The molecule has 0 radical (unpaired) electrons. The average Bonchev–Trinajstić information content (AvgIpc) is 2.42. The van der Waals surface area contributed by atoms with Crippen LogP contribution in [-0.2, 0) is 4.79 Å². The predicted molar refractivity (Wildman–Crippen MR) is 52.5 cm³/mol. The maximum atomic E-state index is 11.1. The van der Waals surface area contributed by atoms with Gasteiger partial charge in [-0.3, -0.25) is 14.5 Å². The minimum absolute atomic E-state index is 0.0530. The highest BCUT2D eigenvalue weighted by atomic mass is 32.2. The van der Waals surface area contributed by atoms with Crippen molar-refractivity contribution in [2.75, 3.05) is 18.8 Å². The minimum Gasteiger partial charge on any atom is -0.330 e. The number of nitrogens with two attached hydrogens (primary N) is 1. The Hall–Kier alpha value is -0.550. The summed E-state index contributed by atoms with van der Waals surface area (Å²) in [4.78, 5) is 23.5. The Balaban J connectivity index is 2.20. The highest BCUT2D eigenvalue weighted by Crippen LogP contribution is 2.18. The van der Waals surface area contributed by atoms with Crippen molar-refractivity contribution >= 4 is 22.9 Å². The van der Waals surface area contributed by atoms with E-state index < -0.39 is 0 Å². The molecule has 1 fully saturated rings. The van der Waals surface area contributed by atoms with Gasteiger partial charge in [0.1, 0.15) is 0 Å². The van der Waals surface area contributed by atoms with Crippen LogP contribution in [0.5, 0.6) is 0 Å². The maximum Gasteiger partial charge on any atom is 0.288 e. The lowest BCUT2D eigenvalue weighted by Crippen LogP contribution is -2.29. The van der Waals surface area contributed by atoms with E-state index in [9.17, 15) is 9.59 Å². The first-order chi connectivity index (χ1) is 6.25. The Morgan fingerprint density at radius 1 is 1.31 bits per heavy atom. The van der Waals surface area contributed by atoms with Crippen LogP contribution in [-0.4, -0.2) is 34.9 Å². The van der Waals surface area contributed by atoms with Gasteiger partial charge in [0.15, 0.2) is 0 Å². The molecule has 0 unspecified atom stereocenters. The van der Waals surface area contributed by atoms with Crippen LogP contribution in [0.15, 0.2) is 0 Å². The van der Waals surface area contributed by atoms with E-state index in [-0.39, 0.29) is 11.1 Å². The zero-order valence-corrected chi connectivity index (χ0v) is 8.31. The van der Waals surface area contributed by atoms with E-state index in [1.54, 1.807) is 0 Å². The quantitative estimate of drug-likeness (QED) is 0.670.